The second-order valence-corrected chi connectivity index (χ2v) is 7.65. The van der Waals surface area contributed by atoms with E-state index in [1.807, 2.05) is 0 Å². The number of aliphatic hydroxyl groups is 1. The molecule has 1 unspecified atom stereocenters. The van der Waals surface area contributed by atoms with Crippen LogP contribution in [0, 0.1) is 0 Å². The number of hydrogen-bond donors (Lipinski definition) is 1. The smallest absolute Gasteiger partial charge is 0.175 e. The number of benzene rings is 1. The number of hydrogen-bond acceptors (Lipinski definition) is 4. The van der Waals surface area contributed by atoms with E-state index in [-0.39, 0.29) is 4.90 Å². The van der Waals surface area contributed by atoms with Crippen molar-refractivity contribution in [2.45, 2.75) is 11.0 Å². The molecule has 96 valence electrons. The standard InChI is InChI=1S/C12H11ClO3S2/c1-18(15,16)9-4-2-3-8(7-9)12(14)10-5-6-11(13)17-10/h2-7,12,14H,1H3. The Labute approximate surface area is 115 Å². The summed E-state index contributed by atoms with van der Waals surface area (Å²) in [6.45, 7) is 0. The molecule has 1 N–H and O–H groups in total. The first-order valence-electron chi connectivity index (χ1n) is 5.11. The largest absolute Gasteiger partial charge is 0.383 e. The summed E-state index contributed by atoms with van der Waals surface area (Å²) >= 11 is 7.08. The highest BCUT2D eigenvalue weighted by Gasteiger charge is 2.15. The molecule has 1 atom stereocenters. The Bertz CT molecular complexity index is 661. The van der Waals surface area contributed by atoms with Crippen LogP contribution in [0.5, 0.6) is 0 Å². The maximum atomic E-state index is 11.4. The zero-order chi connectivity index (χ0) is 13.3. The second-order valence-electron chi connectivity index (χ2n) is 3.89. The third kappa shape index (κ3) is 2.92. The molecule has 6 heteroatoms. The van der Waals surface area contributed by atoms with Gasteiger partial charge in [-0.25, -0.2) is 8.42 Å². The van der Waals surface area contributed by atoms with E-state index in [0.29, 0.717) is 14.8 Å². The van der Waals surface area contributed by atoms with E-state index in [2.05, 4.69) is 0 Å². The Balaban J connectivity index is 2.40. The SMILES string of the molecule is CS(=O)(=O)c1cccc(C(O)c2ccc(Cl)s2)c1. The van der Waals surface area contributed by atoms with E-state index in [0.717, 1.165) is 6.26 Å². The van der Waals surface area contributed by atoms with Gasteiger partial charge < -0.3 is 5.11 Å². The summed E-state index contributed by atoms with van der Waals surface area (Å²) in [5, 5.41) is 10.2. The van der Waals surface area contributed by atoms with Gasteiger partial charge in [0.2, 0.25) is 0 Å². The van der Waals surface area contributed by atoms with Gasteiger partial charge in [-0.15, -0.1) is 11.3 Å². The van der Waals surface area contributed by atoms with Gasteiger partial charge in [0, 0.05) is 11.1 Å². The van der Waals surface area contributed by atoms with Gasteiger partial charge in [-0.05, 0) is 29.8 Å². The molecule has 0 aliphatic carbocycles. The summed E-state index contributed by atoms with van der Waals surface area (Å²) in [5.74, 6) is 0. The highest BCUT2D eigenvalue weighted by atomic mass is 35.5. The zero-order valence-corrected chi connectivity index (χ0v) is 11.9. The third-order valence-electron chi connectivity index (χ3n) is 2.47. The second kappa shape index (κ2) is 5.01. The summed E-state index contributed by atoms with van der Waals surface area (Å²) in [5.41, 5.74) is 0.538. The molecule has 0 radical (unpaired) electrons. The van der Waals surface area contributed by atoms with Crippen molar-refractivity contribution < 1.29 is 13.5 Å². The van der Waals surface area contributed by atoms with Crippen molar-refractivity contribution in [3.63, 3.8) is 0 Å². The summed E-state index contributed by atoms with van der Waals surface area (Å²) in [6.07, 6.45) is 0.282. The Kier molecular flexibility index (Phi) is 3.77. The van der Waals surface area contributed by atoms with Crippen LogP contribution in [0.25, 0.3) is 0 Å². The molecule has 0 aliphatic rings. The summed E-state index contributed by atoms with van der Waals surface area (Å²) in [4.78, 5) is 0.882. The molecule has 0 bridgehead atoms. The number of rotatable bonds is 3. The average Bonchev–Trinajstić information content (AvgIpc) is 2.74. The molecule has 0 fully saturated rings. The van der Waals surface area contributed by atoms with Gasteiger partial charge >= 0.3 is 0 Å². The van der Waals surface area contributed by atoms with Gasteiger partial charge in [0.1, 0.15) is 6.10 Å². The first-order valence-corrected chi connectivity index (χ1v) is 8.20. The van der Waals surface area contributed by atoms with Crippen molar-refractivity contribution in [3.05, 3.63) is 51.2 Å². The maximum absolute atomic E-state index is 11.4. The lowest BCUT2D eigenvalue weighted by atomic mass is 10.1. The molecule has 2 rings (SSSR count). The maximum Gasteiger partial charge on any atom is 0.175 e. The Morgan fingerprint density at radius 3 is 2.56 bits per heavy atom. The van der Waals surface area contributed by atoms with E-state index >= 15 is 0 Å². The minimum atomic E-state index is -3.27. The Morgan fingerprint density at radius 1 is 1.28 bits per heavy atom. The molecular formula is C12H11ClO3S2. The molecule has 2 aromatic rings. The molecule has 1 heterocycles. The van der Waals surface area contributed by atoms with Gasteiger partial charge in [-0.2, -0.15) is 0 Å². The molecule has 1 aromatic heterocycles. The third-order valence-corrected chi connectivity index (χ3v) is 4.86. The van der Waals surface area contributed by atoms with E-state index in [1.165, 1.54) is 23.5 Å². The lowest BCUT2D eigenvalue weighted by Gasteiger charge is -2.10. The molecular weight excluding hydrogens is 292 g/mol. The van der Waals surface area contributed by atoms with Crippen LogP contribution in [0.4, 0.5) is 0 Å². The van der Waals surface area contributed by atoms with Crippen molar-refractivity contribution in [2.24, 2.45) is 0 Å². The van der Waals surface area contributed by atoms with Crippen LogP contribution < -0.4 is 0 Å². The fourth-order valence-corrected chi connectivity index (χ4v) is 3.31. The molecule has 0 saturated heterocycles. The number of thiophene rings is 1. The number of sulfone groups is 1. The minimum absolute atomic E-state index is 0.196. The van der Waals surface area contributed by atoms with Crippen LogP contribution in [-0.4, -0.2) is 19.8 Å². The first kappa shape index (κ1) is 13.5. The lowest BCUT2D eigenvalue weighted by Crippen LogP contribution is -2.01. The predicted molar refractivity (Wildman–Crippen MR) is 72.9 cm³/mol. The molecule has 0 spiro atoms. The summed E-state index contributed by atoms with van der Waals surface area (Å²) in [6, 6.07) is 9.72. The average molecular weight is 303 g/mol. The molecule has 18 heavy (non-hydrogen) atoms. The molecule has 0 saturated carbocycles. The minimum Gasteiger partial charge on any atom is -0.383 e. The van der Waals surface area contributed by atoms with Gasteiger partial charge in [-0.3, -0.25) is 0 Å². The number of aliphatic hydroxyl groups excluding tert-OH is 1. The fraction of sp³-hybridized carbons (Fsp3) is 0.167. The van der Waals surface area contributed by atoms with Crippen LogP contribution in [0.3, 0.4) is 0 Å². The van der Waals surface area contributed by atoms with Crippen LogP contribution >= 0.6 is 22.9 Å². The lowest BCUT2D eigenvalue weighted by molar-refractivity contribution is 0.224. The van der Waals surface area contributed by atoms with Gasteiger partial charge in [0.05, 0.1) is 9.23 Å². The Hall–Kier alpha value is -0.880. The topological polar surface area (TPSA) is 54.4 Å². The zero-order valence-electron chi connectivity index (χ0n) is 9.50. The molecule has 3 nitrogen and oxygen atoms in total. The highest BCUT2D eigenvalue weighted by Crippen LogP contribution is 2.31. The van der Waals surface area contributed by atoms with Gasteiger partial charge in [0.25, 0.3) is 0 Å². The fourth-order valence-electron chi connectivity index (χ4n) is 1.55. The van der Waals surface area contributed by atoms with Gasteiger partial charge in [0.15, 0.2) is 9.84 Å². The molecule has 0 amide bonds. The molecule has 0 aliphatic heterocycles. The van der Waals surface area contributed by atoms with Crippen molar-refractivity contribution >= 4 is 32.8 Å². The first-order chi connectivity index (χ1) is 8.38. The van der Waals surface area contributed by atoms with Crippen LogP contribution in [0.2, 0.25) is 4.34 Å². The van der Waals surface area contributed by atoms with Crippen LogP contribution in [0.15, 0.2) is 41.3 Å². The Morgan fingerprint density at radius 2 is 2.00 bits per heavy atom. The number of halogens is 1. The molecule has 1 aromatic carbocycles. The summed E-state index contributed by atoms with van der Waals surface area (Å²) in [7, 11) is -3.27. The highest BCUT2D eigenvalue weighted by molar-refractivity contribution is 7.90. The monoisotopic (exact) mass is 302 g/mol. The van der Waals surface area contributed by atoms with Crippen molar-refractivity contribution in [2.75, 3.05) is 6.26 Å². The van der Waals surface area contributed by atoms with Crippen LogP contribution in [0.1, 0.15) is 16.5 Å². The van der Waals surface area contributed by atoms with E-state index < -0.39 is 15.9 Å². The van der Waals surface area contributed by atoms with Crippen molar-refractivity contribution in [3.8, 4) is 0 Å². The van der Waals surface area contributed by atoms with E-state index in [9.17, 15) is 13.5 Å². The van der Waals surface area contributed by atoms with Gasteiger partial charge in [-0.1, -0.05) is 23.7 Å². The predicted octanol–water partition coefficient (Wildman–Crippen LogP) is 2.89. The van der Waals surface area contributed by atoms with Crippen LogP contribution in [-0.2, 0) is 9.84 Å². The van der Waals surface area contributed by atoms with E-state index in [4.69, 9.17) is 11.6 Å². The summed E-state index contributed by atoms with van der Waals surface area (Å²) < 4.78 is 23.5. The van der Waals surface area contributed by atoms with Crippen molar-refractivity contribution in [1.29, 1.82) is 0 Å². The normalized spacial score (nSPS) is 13.5. The van der Waals surface area contributed by atoms with E-state index in [1.54, 1.807) is 24.3 Å². The van der Waals surface area contributed by atoms with Crippen molar-refractivity contribution in [1.82, 2.24) is 0 Å². The quantitative estimate of drug-likeness (QED) is 0.948.